The molecule has 0 saturated heterocycles. The molecule has 4 aromatic rings. The zero-order valence-corrected chi connectivity index (χ0v) is 17.8. The predicted molar refractivity (Wildman–Crippen MR) is 124 cm³/mol. The normalized spacial score (nSPS) is 12.6. The van der Waals surface area contributed by atoms with Gasteiger partial charge in [-0.05, 0) is 29.8 Å². The van der Waals surface area contributed by atoms with E-state index >= 15 is 0 Å². The standard InChI is InChI=1S/C26H21N3O4/c30-26(22-17-24(33-28-22)20-9-4-12-27-18-20)29(13-5-8-19-6-2-1-3-7-19)21-10-11-23-25(16-21)32-15-14-31-23/h1-12,16-18H,13-15H2/b8-5+. The maximum atomic E-state index is 13.5. The summed E-state index contributed by atoms with van der Waals surface area (Å²) in [6.45, 7) is 1.31. The molecule has 7 nitrogen and oxygen atoms in total. The first-order valence-corrected chi connectivity index (χ1v) is 10.6. The minimum atomic E-state index is -0.289. The summed E-state index contributed by atoms with van der Waals surface area (Å²) in [5, 5.41) is 4.02. The SMILES string of the molecule is O=C(c1cc(-c2cccnc2)on1)N(C/C=C/c1ccccc1)c1ccc2c(c1)OCCO2. The number of rotatable bonds is 6. The van der Waals surface area contributed by atoms with E-state index in [-0.39, 0.29) is 11.6 Å². The van der Waals surface area contributed by atoms with E-state index in [1.54, 1.807) is 29.4 Å². The molecule has 33 heavy (non-hydrogen) atoms. The number of carbonyl (C=O) groups excluding carboxylic acids is 1. The number of fused-ring (bicyclic) bond motifs is 1. The van der Waals surface area contributed by atoms with E-state index in [1.807, 2.05) is 66.7 Å². The number of benzene rings is 2. The second kappa shape index (κ2) is 9.40. The lowest BCUT2D eigenvalue weighted by Crippen LogP contribution is -2.31. The molecular formula is C26H21N3O4. The van der Waals surface area contributed by atoms with Gasteiger partial charge in [0.15, 0.2) is 23.0 Å². The fraction of sp³-hybridized carbons (Fsp3) is 0.115. The van der Waals surface area contributed by atoms with Gasteiger partial charge in [-0.2, -0.15) is 0 Å². The van der Waals surface area contributed by atoms with E-state index in [4.69, 9.17) is 14.0 Å². The quantitative estimate of drug-likeness (QED) is 0.427. The van der Waals surface area contributed by atoms with Crippen molar-refractivity contribution in [1.29, 1.82) is 0 Å². The Hall–Kier alpha value is -4.39. The summed E-state index contributed by atoms with van der Waals surface area (Å²) in [5.41, 5.74) is 2.68. The molecule has 0 aliphatic carbocycles. The highest BCUT2D eigenvalue weighted by molar-refractivity contribution is 6.05. The number of pyridine rings is 1. The van der Waals surface area contributed by atoms with Crippen molar-refractivity contribution in [3.8, 4) is 22.8 Å². The molecule has 0 radical (unpaired) electrons. The summed E-state index contributed by atoms with van der Waals surface area (Å²) >= 11 is 0. The third-order valence-electron chi connectivity index (χ3n) is 5.16. The number of aromatic nitrogens is 2. The maximum Gasteiger partial charge on any atom is 0.280 e. The van der Waals surface area contributed by atoms with Gasteiger partial charge in [-0.1, -0.05) is 47.6 Å². The highest BCUT2D eigenvalue weighted by Gasteiger charge is 2.23. The Balaban J connectivity index is 1.45. The molecular weight excluding hydrogens is 418 g/mol. The van der Waals surface area contributed by atoms with Crippen LogP contribution in [0.25, 0.3) is 17.4 Å². The average Bonchev–Trinajstić information content (AvgIpc) is 3.38. The van der Waals surface area contributed by atoms with Gasteiger partial charge in [0.25, 0.3) is 5.91 Å². The van der Waals surface area contributed by atoms with Crippen LogP contribution in [-0.4, -0.2) is 35.8 Å². The van der Waals surface area contributed by atoms with Gasteiger partial charge in [0.2, 0.25) is 0 Å². The van der Waals surface area contributed by atoms with Crippen molar-refractivity contribution >= 4 is 17.7 Å². The molecule has 7 heteroatoms. The zero-order valence-electron chi connectivity index (χ0n) is 17.8. The minimum Gasteiger partial charge on any atom is -0.486 e. The topological polar surface area (TPSA) is 77.7 Å². The molecule has 5 rings (SSSR count). The smallest absolute Gasteiger partial charge is 0.280 e. The zero-order chi connectivity index (χ0) is 22.5. The molecule has 0 spiro atoms. The lowest BCUT2D eigenvalue weighted by atomic mass is 10.2. The van der Waals surface area contributed by atoms with Gasteiger partial charge < -0.3 is 18.9 Å². The molecule has 1 amide bonds. The van der Waals surface area contributed by atoms with Crippen molar-refractivity contribution in [2.75, 3.05) is 24.7 Å². The van der Waals surface area contributed by atoms with Crippen LogP contribution < -0.4 is 14.4 Å². The van der Waals surface area contributed by atoms with Crippen molar-refractivity contribution in [1.82, 2.24) is 10.1 Å². The van der Waals surface area contributed by atoms with Gasteiger partial charge in [-0.3, -0.25) is 9.78 Å². The van der Waals surface area contributed by atoms with Crippen LogP contribution in [0.5, 0.6) is 11.5 Å². The fourth-order valence-electron chi connectivity index (χ4n) is 3.52. The first-order valence-electron chi connectivity index (χ1n) is 10.6. The molecule has 2 aromatic carbocycles. The largest absolute Gasteiger partial charge is 0.486 e. The van der Waals surface area contributed by atoms with E-state index in [9.17, 15) is 4.79 Å². The molecule has 164 valence electrons. The van der Waals surface area contributed by atoms with Crippen LogP contribution in [0.2, 0.25) is 0 Å². The van der Waals surface area contributed by atoms with Crippen LogP contribution in [0, 0.1) is 0 Å². The lowest BCUT2D eigenvalue weighted by Gasteiger charge is -2.24. The van der Waals surface area contributed by atoms with Crippen molar-refractivity contribution in [3.05, 3.63) is 96.5 Å². The van der Waals surface area contributed by atoms with Crippen LogP contribution in [0.4, 0.5) is 5.69 Å². The molecule has 1 aliphatic heterocycles. The highest BCUT2D eigenvalue weighted by Crippen LogP contribution is 2.34. The number of hydrogen-bond acceptors (Lipinski definition) is 6. The van der Waals surface area contributed by atoms with E-state index in [0.717, 1.165) is 11.1 Å². The molecule has 3 heterocycles. The summed E-state index contributed by atoms with van der Waals surface area (Å²) in [5.74, 6) is 1.47. The third kappa shape index (κ3) is 4.62. The average molecular weight is 439 g/mol. The second-order valence-corrected chi connectivity index (χ2v) is 7.37. The van der Waals surface area contributed by atoms with Crippen molar-refractivity contribution < 1.29 is 18.8 Å². The number of nitrogens with zero attached hydrogens (tertiary/aromatic N) is 3. The van der Waals surface area contributed by atoms with Gasteiger partial charge in [0, 0.05) is 42.3 Å². The molecule has 2 aromatic heterocycles. The first-order chi connectivity index (χ1) is 16.3. The number of ether oxygens (including phenoxy) is 2. The Labute approximate surface area is 190 Å². The van der Waals surface area contributed by atoms with Crippen molar-refractivity contribution in [3.63, 3.8) is 0 Å². The van der Waals surface area contributed by atoms with Crippen LogP contribution in [0.3, 0.4) is 0 Å². The minimum absolute atomic E-state index is 0.205. The second-order valence-electron chi connectivity index (χ2n) is 7.37. The predicted octanol–water partition coefficient (Wildman–Crippen LogP) is 4.87. The Bertz CT molecular complexity index is 1270. The van der Waals surface area contributed by atoms with E-state index in [1.165, 1.54) is 0 Å². The summed E-state index contributed by atoms with van der Waals surface area (Å²) < 4.78 is 16.8. The fourth-order valence-corrected chi connectivity index (χ4v) is 3.52. The summed E-state index contributed by atoms with van der Waals surface area (Å²) in [6.07, 6.45) is 7.25. The van der Waals surface area contributed by atoms with Crippen molar-refractivity contribution in [2.24, 2.45) is 0 Å². The molecule has 0 bridgehead atoms. The Morgan fingerprint density at radius 2 is 1.82 bits per heavy atom. The van der Waals surface area contributed by atoms with Crippen molar-refractivity contribution in [2.45, 2.75) is 0 Å². The molecule has 0 atom stereocenters. The van der Waals surface area contributed by atoms with Crippen LogP contribution in [-0.2, 0) is 0 Å². The Kier molecular flexibility index (Phi) is 5.84. The summed E-state index contributed by atoms with van der Waals surface area (Å²) in [4.78, 5) is 19.2. The number of anilines is 1. The molecule has 1 aliphatic rings. The lowest BCUT2D eigenvalue weighted by molar-refractivity contribution is 0.0981. The first kappa shape index (κ1) is 20.5. The van der Waals surface area contributed by atoms with Crippen LogP contribution in [0.15, 0.2) is 89.7 Å². The van der Waals surface area contributed by atoms with Gasteiger partial charge in [0.1, 0.15) is 13.2 Å². The summed E-state index contributed by atoms with van der Waals surface area (Å²) in [7, 11) is 0. The highest BCUT2D eigenvalue weighted by atomic mass is 16.6. The van der Waals surface area contributed by atoms with E-state index < -0.39 is 0 Å². The van der Waals surface area contributed by atoms with Gasteiger partial charge in [-0.25, -0.2) is 0 Å². The molecule has 0 fully saturated rings. The Morgan fingerprint density at radius 3 is 2.64 bits per heavy atom. The van der Waals surface area contributed by atoms with Gasteiger partial charge >= 0.3 is 0 Å². The van der Waals surface area contributed by atoms with Gasteiger partial charge in [0.05, 0.1) is 0 Å². The number of carbonyl (C=O) groups is 1. The monoisotopic (exact) mass is 439 g/mol. The van der Waals surface area contributed by atoms with Crippen LogP contribution >= 0.6 is 0 Å². The maximum absolute atomic E-state index is 13.5. The molecule has 0 unspecified atom stereocenters. The van der Waals surface area contributed by atoms with Crippen LogP contribution in [0.1, 0.15) is 16.1 Å². The van der Waals surface area contributed by atoms with Gasteiger partial charge in [-0.15, -0.1) is 0 Å². The third-order valence-corrected chi connectivity index (χ3v) is 5.16. The molecule has 0 N–H and O–H groups in total. The van der Waals surface area contributed by atoms with E-state index in [0.29, 0.717) is 42.7 Å². The van der Waals surface area contributed by atoms with E-state index in [2.05, 4.69) is 10.1 Å². The molecule has 0 saturated carbocycles. The number of amides is 1. The number of hydrogen-bond donors (Lipinski definition) is 0. The Morgan fingerprint density at radius 1 is 0.970 bits per heavy atom. The summed E-state index contributed by atoms with van der Waals surface area (Å²) in [6, 6.07) is 20.7.